The summed E-state index contributed by atoms with van der Waals surface area (Å²) in [6.45, 7) is 1.19. The first-order chi connectivity index (χ1) is 3.91. The van der Waals surface area contributed by atoms with E-state index in [0.29, 0.717) is 13.1 Å². The van der Waals surface area contributed by atoms with E-state index in [9.17, 15) is 3.89 Å². The first-order valence-corrected chi connectivity index (χ1v) is 3.33. The Labute approximate surface area is 52.9 Å². The molecule has 0 aromatic rings. The molecule has 0 fully saturated rings. The molecule has 5 N–H and O–H groups in total. The van der Waals surface area contributed by atoms with E-state index in [4.69, 9.17) is 24.4 Å². The first-order valence-electron chi connectivity index (χ1n) is 1.99. The van der Waals surface area contributed by atoms with Crippen LogP contribution in [0.25, 0.3) is 0 Å². The summed E-state index contributed by atoms with van der Waals surface area (Å²) in [7, 11) is -5.17. The maximum absolute atomic E-state index is 10.2. The smallest absolute Gasteiger partial charge is 0.329 e. The molecule has 7 heteroatoms. The second-order valence-corrected chi connectivity index (χ2v) is 1.81. The van der Waals surface area contributed by atoms with Gasteiger partial charge in [-0.05, 0) is 0 Å². The van der Waals surface area contributed by atoms with Crippen molar-refractivity contribution in [3.05, 3.63) is 0 Å². The Morgan fingerprint density at radius 1 is 1.33 bits per heavy atom. The Hall–Kier alpha value is -0.240. The molecule has 58 valence electrons. The highest BCUT2D eigenvalue weighted by Gasteiger charge is 1.89. The van der Waals surface area contributed by atoms with Crippen molar-refractivity contribution in [1.29, 1.82) is 0 Å². The molecule has 0 amide bonds. The molecule has 0 unspecified atom stereocenters. The lowest BCUT2D eigenvalue weighted by Gasteiger charge is -1.72. The third kappa shape index (κ3) is 446. The minimum atomic E-state index is -5.17. The molecule has 0 heterocycles. The zero-order valence-electron chi connectivity index (χ0n) is 4.62. The molecular weight excluding hydrogens is 151 g/mol. The Morgan fingerprint density at radius 2 is 1.44 bits per heavy atom. The molecule has 0 aliphatic carbocycles. The lowest BCUT2D eigenvalue weighted by molar-refractivity contribution is 0.435. The van der Waals surface area contributed by atoms with Crippen LogP contribution in [0.1, 0.15) is 0 Å². The van der Waals surface area contributed by atoms with Crippen molar-refractivity contribution in [2.75, 3.05) is 13.1 Å². The summed E-state index contributed by atoms with van der Waals surface area (Å²) in [4.78, 5) is 0. The maximum atomic E-state index is 10.2. The molecule has 0 saturated carbocycles. The minimum absolute atomic E-state index is 0.597. The van der Waals surface area contributed by atoms with E-state index in [-0.39, 0.29) is 0 Å². The van der Waals surface area contributed by atoms with Gasteiger partial charge >= 0.3 is 10.5 Å². The van der Waals surface area contributed by atoms with E-state index in [1.165, 1.54) is 0 Å². The van der Waals surface area contributed by atoms with E-state index in [2.05, 4.69) is 0 Å². The van der Waals surface area contributed by atoms with E-state index >= 15 is 0 Å². The van der Waals surface area contributed by atoms with Crippen LogP contribution in [-0.4, -0.2) is 26.1 Å². The van der Waals surface area contributed by atoms with Crippen LogP contribution in [0, 0.1) is 0 Å². The standard InChI is InChI=1S/C2H8N2.FHO3S/c3-1-2-4;1-5(2,3)4/h1-4H2;(H,2,3,4). The molecule has 0 atom stereocenters. The summed E-state index contributed by atoms with van der Waals surface area (Å²) < 4.78 is 34.1. The summed E-state index contributed by atoms with van der Waals surface area (Å²) in [6.07, 6.45) is 0. The number of nitrogens with two attached hydrogens (primary N) is 2. The van der Waals surface area contributed by atoms with Gasteiger partial charge in [-0.15, -0.1) is 0 Å². The van der Waals surface area contributed by atoms with Crippen molar-refractivity contribution < 1.29 is 16.9 Å². The van der Waals surface area contributed by atoms with Crippen LogP contribution in [0.4, 0.5) is 3.89 Å². The van der Waals surface area contributed by atoms with Crippen molar-refractivity contribution in [2.24, 2.45) is 11.5 Å². The van der Waals surface area contributed by atoms with Crippen LogP contribution in [-0.2, 0) is 10.5 Å². The molecule has 0 bridgehead atoms. The monoisotopic (exact) mass is 160 g/mol. The van der Waals surface area contributed by atoms with Crippen LogP contribution < -0.4 is 11.5 Å². The van der Waals surface area contributed by atoms with Gasteiger partial charge in [0, 0.05) is 13.1 Å². The highest BCUT2D eigenvalue weighted by Crippen LogP contribution is 1.74. The number of hydrogen-bond donors (Lipinski definition) is 3. The lowest BCUT2D eigenvalue weighted by atomic mass is 10.7. The van der Waals surface area contributed by atoms with E-state index in [0.717, 1.165) is 0 Å². The Balaban J connectivity index is 0. The molecule has 0 saturated heterocycles. The van der Waals surface area contributed by atoms with Crippen molar-refractivity contribution in [2.45, 2.75) is 0 Å². The molecule has 9 heavy (non-hydrogen) atoms. The molecule has 5 nitrogen and oxygen atoms in total. The van der Waals surface area contributed by atoms with Gasteiger partial charge in [-0.3, -0.25) is 4.55 Å². The summed E-state index contributed by atoms with van der Waals surface area (Å²) in [6, 6.07) is 0. The van der Waals surface area contributed by atoms with Crippen LogP contribution in [0.3, 0.4) is 0 Å². The molecule has 0 aliphatic rings. The largest absolute Gasteiger partial charge is 0.435 e. The highest BCUT2D eigenvalue weighted by atomic mass is 32.3. The third-order valence-corrected chi connectivity index (χ3v) is 0.167. The highest BCUT2D eigenvalue weighted by molar-refractivity contribution is 7.80. The predicted molar refractivity (Wildman–Crippen MR) is 30.8 cm³/mol. The van der Waals surface area contributed by atoms with Gasteiger partial charge < -0.3 is 11.5 Å². The molecule has 0 radical (unpaired) electrons. The van der Waals surface area contributed by atoms with Crippen LogP contribution in [0.5, 0.6) is 0 Å². The summed E-state index contributed by atoms with van der Waals surface area (Å²) in [5.74, 6) is 0. The van der Waals surface area contributed by atoms with Gasteiger partial charge in [0.1, 0.15) is 0 Å². The topological polar surface area (TPSA) is 106 Å². The average Bonchev–Trinajstić information content (AvgIpc) is 1.61. The second-order valence-electron chi connectivity index (χ2n) is 0.989. The van der Waals surface area contributed by atoms with Crippen molar-refractivity contribution in [3.63, 3.8) is 0 Å². The van der Waals surface area contributed by atoms with Crippen LogP contribution in [0.2, 0.25) is 0 Å². The van der Waals surface area contributed by atoms with Crippen molar-refractivity contribution in [3.8, 4) is 0 Å². The van der Waals surface area contributed by atoms with Crippen LogP contribution in [0.15, 0.2) is 0 Å². The molecular formula is C2H9FN2O3S. The molecule has 0 aromatic carbocycles. The Morgan fingerprint density at radius 3 is 1.44 bits per heavy atom. The van der Waals surface area contributed by atoms with Gasteiger partial charge in [0.15, 0.2) is 0 Å². The average molecular weight is 160 g/mol. The summed E-state index contributed by atoms with van der Waals surface area (Å²) in [5.41, 5.74) is 9.81. The fraction of sp³-hybridized carbons (Fsp3) is 1.00. The maximum Gasteiger partial charge on any atom is 0.435 e. The first kappa shape index (κ1) is 11.5. The van der Waals surface area contributed by atoms with Gasteiger partial charge in [0.2, 0.25) is 0 Å². The van der Waals surface area contributed by atoms with Crippen molar-refractivity contribution >= 4 is 10.5 Å². The molecule has 0 rings (SSSR count). The zero-order valence-corrected chi connectivity index (χ0v) is 5.44. The van der Waals surface area contributed by atoms with E-state index in [1.54, 1.807) is 0 Å². The number of hydrogen-bond acceptors (Lipinski definition) is 4. The fourth-order valence-electron chi connectivity index (χ4n) is 0. The fourth-order valence-corrected chi connectivity index (χ4v) is 0. The quantitative estimate of drug-likeness (QED) is 0.325. The normalized spacial score (nSPS) is 9.78. The molecule has 0 aliphatic heterocycles. The van der Waals surface area contributed by atoms with Crippen molar-refractivity contribution in [1.82, 2.24) is 0 Å². The third-order valence-electron chi connectivity index (χ3n) is 0.167. The van der Waals surface area contributed by atoms with E-state index < -0.39 is 10.5 Å². The Bertz CT molecular complexity index is 123. The number of rotatable bonds is 1. The van der Waals surface area contributed by atoms with Gasteiger partial charge in [-0.25, -0.2) is 0 Å². The SMILES string of the molecule is NCCN.O=S(=O)(O)F. The zero-order chi connectivity index (χ0) is 7.91. The van der Waals surface area contributed by atoms with Gasteiger partial charge in [-0.1, -0.05) is 3.89 Å². The predicted octanol–water partition coefficient (Wildman–Crippen LogP) is -1.34. The van der Waals surface area contributed by atoms with Crippen LogP contribution >= 0.6 is 0 Å². The summed E-state index contributed by atoms with van der Waals surface area (Å²) >= 11 is 0. The van der Waals surface area contributed by atoms with E-state index in [1.807, 2.05) is 0 Å². The van der Waals surface area contributed by atoms with Gasteiger partial charge in [0.25, 0.3) is 0 Å². The molecule has 0 aromatic heterocycles. The number of halogens is 1. The van der Waals surface area contributed by atoms with Gasteiger partial charge in [-0.2, -0.15) is 8.42 Å². The summed E-state index contributed by atoms with van der Waals surface area (Å²) in [5, 5.41) is 0. The van der Waals surface area contributed by atoms with Gasteiger partial charge in [0.05, 0.1) is 0 Å². The minimum Gasteiger partial charge on any atom is -0.329 e. The Kier molecular flexibility index (Phi) is 7.55. The second kappa shape index (κ2) is 5.89. The lowest BCUT2D eigenvalue weighted by Crippen LogP contribution is -2.11. The molecule has 0 spiro atoms.